The Morgan fingerprint density at radius 1 is 1.31 bits per heavy atom. The van der Waals surface area contributed by atoms with Crippen molar-refractivity contribution in [1.82, 2.24) is 10.3 Å². The zero-order chi connectivity index (χ0) is 18.9. The molecule has 0 aliphatic carbocycles. The number of rotatable bonds is 9. The van der Waals surface area contributed by atoms with Gasteiger partial charge < -0.3 is 20.9 Å². The standard InChI is InChI=1S/C15H28N8OS2/c16-7-4-8-20-26(24)12-6-5-11(23-9-2-1-3-10-23)13(14(12)25-19)15(17)21-22-18/h5-6,20,22H,1-4,7-10,16,18-19H2,(H2,17,21). The second kappa shape index (κ2) is 10.8. The summed E-state index contributed by atoms with van der Waals surface area (Å²) >= 11 is -0.419. The minimum Gasteiger partial charge on any atom is -0.593 e. The van der Waals surface area contributed by atoms with Crippen molar-refractivity contribution in [3.63, 3.8) is 0 Å². The van der Waals surface area contributed by atoms with E-state index >= 15 is 0 Å². The lowest BCUT2D eigenvalue weighted by Gasteiger charge is -2.31. The van der Waals surface area contributed by atoms with Crippen LogP contribution in [0.25, 0.3) is 0 Å². The molecule has 0 aromatic heterocycles. The summed E-state index contributed by atoms with van der Waals surface area (Å²) in [6.07, 6.45) is 4.18. The summed E-state index contributed by atoms with van der Waals surface area (Å²) < 4.78 is 15.6. The molecule has 10 N–H and O–H groups in total. The number of amidine groups is 1. The van der Waals surface area contributed by atoms with Gasteiger partial charge in [-0.1, -0.05) is 0 Å². The fraction of sp³-hybridized carbons (Fsp3) is 0.533. The third kappa shape index (κ3) is 5.16. The predicted octanol–water partition coefficient (Wildman–Crippen LogP) is -0.313. The molecule has 9 nitrogen and oxygen atoms in total. The van der Waals surface area contributed by atoms with Crippen LogP contribution in [0.4, 0.5) is 5.69 Å². The molecule has 1 aromatic rings. The number of hydrogen-bond acceptors (Lipinski definition) is 9. The van der Waals surface area contributed by atoms with Gasteiger partial charge in [0.1, 0.15) is 0 Å². The molecule has 0 amide bonds. The Hall–Kier alpha value is -1.21. The average molecular weight is 401 g/mol. The number of hydrazine groups is 1. The fourth-order valence-corrected chi connectivity index (χ4v) is 4.76. The van der Waals surface area contributed by atoms with Gasteiger partial charge in [-0.3, -0.25) is 5.14 Å². The first kappa shape index (κ1) is 21.1. The zero-order valence-corrected chi connectivity index (χ0v) is 16.4. The van der Waals surface area contributed by atoms with E-state index in [0.717, 1.165) is 50.0 Å². The summed E-state index contributed by atoms with van der Waals surface area (Å²) in [6.45, 7) is 2.95. The molecule has 1 unspecified atom stereocenters. The van der Waals surface area contributed by atoms with E-state index in [2.05, 4.69) is 20.3 Å². The molecular formula is C15H28N8OS2. The number of anilines is 1. The van der Waals surface area contributed by atoms with Crippen molar-refractivity contribution in [1.29, 1.82) is 0 Å². The number of hydrogen-bond donors (Lipinski definition) is 6. The molecule has 26 heavy (non-hydrogen) atoms. The summed E-state index contributed by atoms with van der Waals surface area (Å²) in [5.74, 6) is 5.52. The molecule has 2 rings (SSSR count). The Balaban J connectivity index is 2.45. The molecule has 1 heterocycles. The Bertz CT molecular complexity index is 610. The van der Waals surface area contributed by atoms with Gasteiger partial charge in [0, 0.05) is 25.3 Å². The highest BCUT2D eigenvalue weighted by atomic mass is 32.2. The van der Waals surface area contributed by atoms with Crippen molar-refractivity contribution in [3.8, 4) is 0 Å². The van der Waals surface area contributed by atoms with E-state index in [9.17, 15) is 4.55 Å². The van der Waals surface area contributed by atoms with Crippen LogP contribution in [0.5, 0.6) is 0 Å². The fourth-order valence-electron chi connectivity index (χ4n) is 2.93. The lowest BCUT2D eigenvalue weighted by Crippen LogP contribution is -2.34. The van der Waals surface area contributed by atoms with Gasteiger partial charge in [0.05, 0.1) is 21.8 Å². The topological polar surface area (TPSA) is 167 Å². The van der Waals surface area contributed by atoms with Crippen LogP contribution in [0, 0.1) is 0 Å². The first-order valence-corrected chi connectivity index (χ1v) is 10.6. The first-order valence-electron chi connectivity index (χ1n) is 8.57. The lowest BCUT2D eigenvalue weighted by molar-refractivity contribution is 0.573. The van der Waals surface area contributed by atoms with Gasteiger partial charge >= 0.3 is 0 Å². The Kier molecular flexibility index (Phi) is 8.78. The maximum atomic E-state index is 12.7. The average Bonchev–Trinajstić information content (AvgIpc) is 2.67. The summed E-state index contributed by atoms with van der Waals surface area (Å²) in [7, 11) is 0. The van der Waals surface area contributed by atoms with Gasteiger partial charge in [-0.25, -0.2) is 11.4 Å². The van der Waals surface area contributed by atoms with Crippen molar-refractivity contribution in [2.45, 2.75) is 35.5 Å². The van der Waals surface area contributed by atoms with E-state index in [-0.39, 0.29) is 5.84 Å². The van der Waals surface area contributed by atoms with E-state index in [1.54, 1.807) is 0 Å². The van der Waals surface area contributed by atoms with E-state index in [4.69, 9.17) is 22.4 Å². The number of benzene rings is 1. The van der Waals surface area contributed by atoms with Crippen LogP contribution in [0.3, 0.4) is 0 Å². The zero-order valence-electron chi connectivity index (χ0n) is 14.7. The highest BCUT2D eigenvalue weighted by Crippen LogP contribution is 2.35. The van der Waals surface area contributed by atoms with Crippen LogP contribution < -0.4 is 37.6 Å². The molecule has 11 heteroatoms. The quantitative estimate of drug-likeness (QED) is 0.0619. The summed E-state index contributed by atoms with van der Waals surface area (Å²) in [5.41, 5.74) is 15.5. The second-order valence-electron chi connectivity index (χ2n) is 5.88. The molecule has 1 aliphatic heterocycles. The number of nitrogens with two attached hydrogens (primary N) is 4. The Labute approximate surface area is 161 Å². The van der Waals surface area contributed by atoms with E-state index in [1.807, 2.05) is 12.1 Å². The monoisotopic (exact) mass is 400 g/mol. The van der Waals surface area contributed by atoms with Crippen LogP contribution >= 0.6 is 11.9 Å². The minimum absolute atomic E-state index is 0.210. The lowest BCUT2D eigenvalue weighted by atomic mass is 10.1. The smallest absolute Gasteiger partial charge is 0.189 e. The molecule has 1 fully saturated rings. The number of nitrogens with zero attached hydrogens (tertiary/aromatic N) is 2. The van der Waals surface area contributed by atoms with E-state index in [0.29, 0.717) is 28.4 Å². The molecule has 0 saturated carbocycles. The minimum atomic E-state index is -1.43. The SMILES string of the molecule is NCCCN[S+]([O-])c1ccc(N2CCCCC2)c(/C(N)=N/NN)c1SN. The van der Waals surface area contributed by atoms with Crippen molar-refractivity contribution >= 4 is 34.8 Å². The highest BCUT2D eigenvalue weighted by molar-refractivity contribution is 7.98. The van der Waals surface area contributed by atoms with Gasteiger partial charge in [0.2, 0.25) is 0 Å². The van der Waals surface area contributed by atoms with Crippen molar-refractivity contribution in [3.05, 3.63) is 17.7 Å². The Morgan fingerprint density at radius 2 is 2.04 bits per heavy atom. The van der Waals surface area contributed by atoms with Gasteiger partial charge in [0.15, 0.2) is 10.7 Å². The highest BCUT2D eigenvalue weighted by Gasteiger charge is 2.27. The maximum Gasteiger partial charge on any atom is 0.189 e. The van der Waals surface area contributed by atoms with Gasteiger partial charge in [-0.05, 0) is 56.3 Å². The summed E-state index contributed by atoms with van der Waals surface area (Å²) in [5, 5.41) is 9.86. The Morgan fingerprint density at radius 3 is 2.65 bits per heavy atom. The normalized spacial score (nSPS) is 16.6. The van der Waals surface area contributed by atoms with Gasteiger partial charge in [0.25, 0.3) is 0 Å². The molecule has 0 radical (unpaired) electrons. The van der Waals surface area contributed by atoms with Crippen molar-refractivity contribution in [2.75, 3.05) is 31.1 Å². The second-order valence-corrected chi connectivity index (χ2v) is 7.79. The molecule has 1 atom stereocenters. The molecule has 0 spiro atoms. The molecule has 1 aliphatic rings. The largest absolute Gasteiger partial charge is 0.593 e. The number of piperidine rings is 1. The van der Waals surface area contributed by atoms with Crippen LogP contribution in [0.15, 0.2) is 27.0 Å². The third-order valence-electron chi connectivity index (χ3n) is 4.17. The van der Waals surface area contributed by atoms with Crippen LogP contribution in [-0.2, 0) is 11.4 Å². The van der Waals surface area contributed by atoms with Crippen molar-refractivity contribution in [2.24, 2.45) is 27.6 Å². The predicted molar refractivity (Wildman–Crippen MR) is 109 cm³/mol. The summed E-state index contributed by atoms with van der Waals surface area (Å²) in [4.78, 5) is 3.45. The molecule has 146 valence electrons. The molecule has 1 aromatic carbocycles. The summed E-state index contributed by atoms with van der Waals surface area (Å²) in [6, 6.07) is 3.76. The van der Waals surface area contributed by atoms with Crippen LogP contribution in [0.1, 0.15) is 31.2 Å². The molecular weight excluding hydrogens is 372 g/mol. The van der Waals surface area contributed by atoms with Crippen LogP contribution in [0.2, 0.25) is 0 Å². The third-order valence-corrected chi connectivity index (χ3v) is 6.16. The van der Waals surface area contributed by atoms with Gasteiger partial charge in [-0.2, -0.15) is 0 Å². The van der Waals surface area contributed by atoms with Crippen molar-refractivity contribution < 1.29 is 4.55 Å². The molecule has 0 bridgehead atoms. The first-order chi connectivity index (χ1) is 12.6. The van der Waals surface area contributed by atoms with Crippen LogP contribution in [-0.4, -0.2) is 36.6 Å². The number of nitrogens with one attached hydrogen (secondary N) is 2. The van der Waals surface area contributed by atoms with Gasteiger partial charge in [-0.15, -0.1) is 9.82 Å². The molecule has 1 saturated heterocycles. The maximum absolute atomic E-state index is 12.7. The number of hydrazone groups is 1. The van der Waals surface area contributed by atoms with E-state index < -0.39 is 11.4 Å². The van der Waals surface area contributed by atoms with E-state index in [1.165, 1.54) is 6.42 Å².